The minimum Gasteiger partial charge on any atom is -0.496 e. The number of benzene rings is 2. The largest absolute Gasteiger partial charge is 0.496 e. The van der Waals surface area contributed by atoms with Crippen molar-refractivity contribution in [3.63, 3.8) is 0 Å². The molecule has 3 N–H and O–H groups in total. The molecule has 8 heteroatoms. The van der Waals surface area contributed by atoms with Crippen LogP contribution in [0.5, 0.6) is 5.75 Å². The van der Waals surface area contributed by atoms with Crippen LogP contribution in [0.15, 0.2) is 66.9 Å². The molecule has 5 rings (SSSR count). The Bertz CT molecular complexity index is 1360. The molecule has 43 heavy (non-hydrogen) atoms. The van der Waals surface area contributed by atoms with Crippen molar-refractivity contribution >= 4 is 17.6 Å². The van der Waals surface area contributed by atoms with Crippen molar-refractivity contribution < 1.29 is 14.3 Å². The van der Waals surface area contributed by atoms with Gasteiger partial charge < -0.3 is 25.6 Å². The number of hydrogen-bond donors (Lipinski definition) is 3. The number of hydrogen-bond acceptors (Lipinski definition) is 6. The van der Waals surface area contributed by atoms with Crippen molar-refractivity contribution in [3.8, 4) is 5.75 Å². The molecule has 2 amide bonds. The van der Waals surface area contributed by atoms with Crippen molar-refractivity contribution in [1.29, 1.82) is 0 Å². The molecular weight excluding hydrogens is 538 g/mol. The summed E-state index contributed by atoms with van der Waals surface area (Å²) in [6, 6.07) is 20.3. The van der Waals surface area contributed by atoms with Crippen molar-refractivity contribution in [3.05, 3.63) is 89.1 Å². The third kappa shape index (κ3) is 7.73. The zero-order valence-corrected chi connectivity index (χ0v) is 25.6. The van der Waals surface area contributed by atoms with E-state index in [1.165, 1.54) is 0 Å². The lowest BCUT2D eigenvalue weighted by atomic mass is 9.92. The fraction of sp³-hybridized carbons (Fsp3) is 0.457. The molecule has 1 saturated heterocycles. The normalized spacial score (nSPS) is 19.6. The summed E-state index contributed by atoms with van der Waals surface area (Å²) in [7, 11) is 1.67. The van der Waals surface area contributed by atoms with Gasteiger partial charge in [0.2, 0.25) is 0 Å². The summed E-state index contributed by atoms with van der Waals surface area (Å²) in [5.41, 5.74) is 3.30. The molecule has 0 spiro atoms. The highest BCUT2D eigenvalue weighted by atomic mass is 16.5. The van der Waals surface area contributed by atoms with Gasteiger partial charge in [-0.15, -0.1) is 0 Å². The molecule has 3 atom stereocenters. The van der Waals surface area contributed by atoms with Gasteiger partial charge in [0, 0.05) is 48.5 Å². The van der Waals surface area contributed by atoms with Gasteiger partial charge in [0.25, 0.3) is 11.8 Å². The molecule has 3 aromatic rings. The van der Waals surface area contributed by atoms with Gasteiger partial charge in [-0.3, -0.25) is 9.59 Å². The number of amides is 2. The average molecular weight is 584 g/mol. The van der Waals surface area contributed by atoms with E-state index in [1.54, 1.807) is 13.3 Å². The second kappa shape index (κ2) is 14.5. The van der Waals surface area contributed by atoms with Crippen LogP contribution in [0.3, 0.4) is 0 Å². The summed E-state index contributed by atoms with van der Waals surface area (Å²) < 4.78 is 5.64. The molecule has 2 aliphatic rings. The van der Waals surface area contributed by atoms with E-state index in [0.29, 0.717) is 35.7 Å². The van der Waals surface area contributed by atoms with E-state index in [-0.39, 0.29) is 17.9 Å². The van der Waals surface area contributed by atoms with Crippen LogP contribution in [0.1, 0.15) is 77.8 Å². The van der Waals surface area contributed by atoms with E-state index < -0.39 is 0 Å². The summed E-state index contributed by atoms with van der Waals surface area (Å²) in [6.45, 7) is 6.59. The number of pyridine rings is 1. The van der Waals surface area contributed by atoms with Crippen molar-refractivity contribution in [2.24, 2.45) is 5.92 Å². The van der Waals surface area contributed by atoms with Gasteiger partial charge in [0.05, 0.1) is 12.7 Å². The van der Waals surface area contributed by atoms with E-state index in [1.807, 2.05) is 60.7 Å². The summed E-state index contributed by atoms with van der Waals surface area (Å²) in [5.74, 6) is 2.01. The molecule has 0 bridgehead atoms. The van der Waals surface area contributed by atoms with Crippen LogP contribution in [-0.2, 0) is 13.0 Å². The molecule has 2 fully saturated rings. The van der Waals surface area contributed by atoms with Crippen molar-refractivity contribution in [2.75, 3.05) is 25.1 Å². The van der Waals surface area contributed by atoms with Gasteiger partial charge in [-0.2, -0.15) is 0 Å². The maximum absolute atomic E-state index is 13.6. The number of carbonyl (C=O) groups excluding carboxylic acids is 2. The van der Waals surface area contributed by atoms with Crippen LogP contribution in [0.4, 0.5) is 5.82 Å². The molecule has 1 aromatic heterocycles. The zero-order valence-electron chi connectivity index (χ0n) is 25.6. The summed E-state index contributed by atoms with van der Waals surface area (Å²) in [5, 5.41) is 9.80. The van der Waals surface area contributed by atoms with Crippen LogP contribution >= 0.6 is 0 Å². The van der Waals surface area contributed by atoms with E-state index in [0.717, 1.165) is 74.3 Å². The van der Waals surface area contributed by atoms with Gasteiger partial charge in [0.1, 0.15) is 11.6 Å². The molecule has 2 aromatic carbocycles. The predicted octanol–water partition coefficient (Wildman–Crippen LogP) is 5.13. The van der Waals surface area contributed by atoms with Gasteiger partial charge in [-0.05, 0) is 80.8 Å². The van der Waals surface area contributed by atoms with Crippen LogP contribution in [0.2, 0.25) is 0 Å². The lowest BCUT2D eigenvalue weighted by molar-refractivity contribution is 0.0932. The minimum absolute atomic E-state index is 0.0232. The first-order valence-corrected chi connectivity index (χ1v) is 15.7. The molecular formula is C35H45N5O3. The van der Waals surface area contributed by atoms with Crippen LogP contribution in [0, 0.1) is 5.92 Å². The third-order valence-corrected chi connectivity index (χ3v) is 8.72. The number of carbonyl (C=O) groups is 2. The summed E-state index contributed by atoms with van der Waals surface area (Å²) >= 11 is 0. The number of aromatic nitrogens is 1. The molecule has 3 unspecified atom stereocenters. The van der Waals surface area contributed by atoms with E-state index in [4.69, 9.17) is 9.72 Å². The number of ether oxygens (including phenoxy) is 1. The lowest BCUT2D eigenvalue weighted by Crippen LogP contribution is -2.43. The number of piperidine rings is 1. The average Bonchev–Trinajstić information content (AvgIpc) is 3.45. The van der Waals surface area contributed by atoms with Crippen LogP contribution < -0.4 is 25.6 Å². The highest BCUT2D eigenvalue weighted by Crippen LogP contribution is 2.39. The maximum atomic E-state index is 13.6. The van der Waals surface area contributed by atoms with Gasteiger partial charge in [0.15, 0.2) is 0 Å². The van der Waals surface area contributed by atoms with Gasteiger partial charge in [-0.1, -0.05) is 50.2 Å². The molecule has 1 saturated carbocycles. The highest BCUT2D eigenvalue weighted by molar-refractivity contribution is 5.96. The quantitative estimate of drug-likeness (QED) is 0.256. The van der Waals surface area contributed by atoms with E-state index in [2.05, 4.69) is 34.7 Å². The Hall–Kier alpha value is -3.91. The molecule has 228 valence electrons. The SMILES string of the molecule is COc1cccc(C(=O)NC2CC3CCCN(c4ccc(C(=O)NCc5ccccc5)cn4)C3C2)c1CCCNC(C)C. The molecule has 1 aliphatic carbocycles. The van der Waals surface area contributed by atoms with Gasteiger partial charge in [-0.25, -0.2) is 4.98 Å². The molecule has 2 heterocycles. The zero-order chi connectivity index (χ0) is 30.2. The maximum Gasteiger partial charge on any atom is 0.253 e. The number of fused-ring (bicyclic) bond motifs is 1. The fourth-order valence-corrected chi connectivity index (χ4v) is 6.60. The second-order valence-corrected chi connectivity index (χ2v) is 12.1. The molecule has 1 aliphatic heterocycles. The predicted molar refractivity (Wildman–Crippen MR) is 171 cm³/mol. The second-order valence-electron chi connectivity index (χ2n) is 12.1. The summed E-state index contributed by atoms with van der Waals surface area (Å²) in [4.78, 5) is 33.4. The first-order chi connectivity index (χ1) is 20.9. The van der Waals surface area contributed by atoms with Crippen molar-refractivity contribution in [1.82, 2.24) is 20.9 Å². The number of nitrogens with zero attached hydrogens (tertiary/aromatic N) is 2. The number of anilines is 1. The first kappa shape index (κ1) is 30.5. The molecule has 0 radical (unpaired) electrons. The fourth-order valence-electron chi connectivity index (χ4n) is 6.60. The Labute approximate surface area is 255 Å². The highest BCUT2D eigenvalue weighted by Gasteiger charge is 2.41. The monoisotopic (exact) mass is 583 g/mol. The Morgan fingerprint density at radius 2 is 1.86 bits per heavy atom. The topological polar surface area (TPSA) is 95.6 Å². The van der Waals surface area contributed by atoms with Crippen molar-refractivity contribution in [2.45, 2.75) is 77.0 Å². The first-order valence-electron chi connectivity index (χ1n) is 15.7. The van der Waals surface area contributed by atoms with E-state index >= 15 is 0 Å². The number of methoxy groups -OCH3 is 1. The number of nitrogens with one attached hydrogen (secondary N) is 3. The van der Waals surface area contributed by atoms with Crippen LogP contribution in [-0.4, -0.2) is 55.1 Å². The minimum atomic E-state index is -0.129. The molecule has 8 nitrogen and oxygen atoms in total. The Kier molecular flexibility index (Phi) is 10.3. The Morgan fingerprint density at radius 1 is 1.02 bits per heavy atom. The standard InChI is InChI=1S/C35H45N5O3/c1-24(2)36-18-8-14-29-30(13-7-15-32(29)43-3)35(42)39-28-20-26-12-9-19-40(31(26)21-28)33-17-16-27(23-37-33)34(41)38-22-25-10-5-4-6-11-25/h4-7,10-11,13,15-17,23-24,26,28,31,36H,8-9,12,14,18-22H2,1-3H3,(H,38,41)(H,39,42). The van der Waals surface area contributed by atoms with Gasteiger partial charge >= 0.3 is 0 Å². The number of rotatable bonds is 12. The third-order valence-electron chi connectivity index (χ3n) is 8.72. The Balaban J connectivity index is 1.20. The Morgan fingerprint density at radius 3 is 2.60 bits per heavy atom. The lowest BCUT2D eigenvalue weighted by Gasteiger charge is -2.38. The smallest absolute Gasteiger partial charge is 0.253 e. The van der Waals surface area contributed by atoms with E-state index in [9.17, 15) is 9.59 Å². The van der Waals surface area contributed by atoms with Crippen LogP contribution in [0.25, 0.3) is 0 Å². The summed E-state index contributed by atoms with van der Waals surface area (Å²) in [6.07, 6.45) is 7.48.